The van der Waals surface area contributed by atoms with E-state index >= 15 is 0 Å². The summed E-state index contributed by atoms with van der Waals surface area (Å²) < 4.78 is 39.6. The third-order valence-electron chi connectivity index (χ3n) is 3.71. The second-order valence-corrected chi connectivity index (χ2v) is 6.66. The SMILES string of the molecule is COc1cc(C(=O)OCC(=O)Nc2ccc(Br)cc2C)c([N+](=O)[O-])cc1OC(F)F. The number of aryl methyl sites for hydroxylation is 1. The van der Waals surface area contributed by atoms with Gasteiger partial charge in [-0.2, -0.15) is 8.78 Å². The maximum absolute atomic E-state index is 12.5. The van der Waals surface area contributed by atoms with Crippen molar-refractivity contribution < 1.29 is 37.5 Å². The fraction of sp³-hybridized carbons (Fsp3) is 0.222. The molecule has 0 heterocycles. The molecule has 30 heavy (non-hydrogen) atoms. The molecule has 2 aromatic rings. The average Bonchev–Trinajstić information content (AvgIpc) is 2.67. The van der Waals surface area contributed by atoms with Gasteiger partial charge in [-0.05, 0) is 30.7 Å². The molecular formula is C18H15BrF2N2O7. The van der Waals surface area contributed by atoms with Crippen molar-refractivity contribution in [3.63, 3.8) is 0 Å². The lowest BCUT2D eigenvalue weighted by Gasteiger charge is -2.12. The highest BCUT2D eigenvalue weighted by molar-refractivity contribution is 9.10. The van der Waals surface area contributed by atoms with E-state index < -0.39 is 47.0 Å². The van der Waals surface area contributed by atoms with Gasteiger partial charge in [-0.1, -0.05) is 15.9 Å². The normalized spacial score (nSPS) is 10.5. The standard InChI is InChI=1S/C18H15BrF2N2O7/c1-9-5-10(19)3-4-12(9)22-16(24)8-29-17(25)11-6-14(28-2)15(30-18(20)21)7-13(11)23(26)27/h3-7,18H,8H2,1-2H3,(H,22,24). The van der Waals surface area contributed by atoms with Gasteiger partial charge in [0.15, 0.2) is 18.1 Å². The van der Waals surface area contributed by atoms with E-state index in [9.17, 15) is 28.5 Å². The third-order valence-corrected chi connectivity index (χ3v) is 4.20. The first-order valence-electron chi connectivity index (χ1n) is 8.16. The summed E-state index contributed by atoms with van der Waals surface area (Å²) in [6, 6.07) is 6.55. The minimum absolute atomic E-state index is 0.345. The van der Waals surface area contributed by atoms with Crippen LogP contribution in [0.15, 0.2) is 34.8 Å². The largest absolute Gasteiger partial charge is 0.493 e. The molecule has 0 radical (unpaired) electrons. The first kappa shape index (κ1) is 23.0. The Morgan fingerprint density at radius 3 is 2.50 bits per heavy atom. The van der Waals surface area contributed by atoms with Crippen LogP contribution >= 0.6 is 15.9 Å². The Hall–Kier alpha value is -3.28. The van der Waals surface area contributed by atoms with Crippen LogP contribution in [-0.4, -0.2) is 37.1 Å². The number of hydrogen-bond acceptors (Lipinski definition) is 7. The lowest BCUT2D eigenvalue weighted by molar-refractivity contribution is -0.385. The lowest BCUT2D eigenvalue weighted by Crippen LogP contribution is -2.21. The Bertz CT molecular complexity index is 985. The van der Waals surface area contributed by atoms with Gasteiger partial charge in [0, 0.05) is 16.2 Å². The molecule has 1 amide bonds. The molecule has 0 spiro atoms. The van der Waals surface area contributed by atoms with E-state index in [0.717, 1.165) is 23.2 Å². The number of rotatable bonds is 8. The number of nitrogens with one attached hydrogen (secondary N) is 1. The first-order valence-corrected chi connectivity index (χ1v) is 8.96. The van der Waals surface area contributed by atoms with Gasteiger partial charge < -0.3 is 19.5 Å². The van der Waals surface area contributed by atoms with Crippen molar-refractivity contribution in [1.29, 1.82) is 0 Å². The van der Waals surface area contributed by atoms with Crippen molar-refractivity contribution in [2.75, 3.05) is 19.0 Å². The minimum Gasteiger partial charge on any atom is -0.493 e. The van der Waals surface area contributed by atoms with Crippen molar-refractivity contribution in [1.82, 2.24) is 0 Å². The molecule has 0 bridgehead atoms. The summed E-state index contributed by atoms with van der Waals surface area (Å²) in [7, 11) is 1.10. The third kappa shape index (κ3) is 5.86. The number of nitro groups is 1. The van der Waals surface area contributed by atoms with Gasteiger partial charge in [0.1, 0.15) is 5.56 Å². The predicted octanol–water partition coefficient (Wildman–Crippen LogP) is 4.07. The molecule has 0 saturated carbocycles. The monoisotopic (exact) mass is 488 g/mol. The van der Waals surface area contributed by atoms with Gasteiger partial charge in [0.05, 0.1) is 18.1 Å². The summed E-state index contributed by atoms with van der Waals surface area (Å²) in [6.07, 6.45) is 0. The number of nitro benzene ring substituents is 1. The van der Waals surface area contributed by atoms with Crippen LogP contribution in [0.1, 0.15) is 15.9 Å². The van der Waals surface area contributed by atoms with Crippen molar-refractivity contribution in [2.45, 2.75) is 13.5 Å². The number of methoxy groups -OCH3 is 1. The Morgan fingerprint density at radius 1 is 1.23 bits per heavy atom. The van der Waals surface area contributed by atoms with Crippen molar-refractivity contribution >= 4 is 39.2 Å². The first-order chi connectivity index (χ1) is 14.1. The summed E-state index contributed by atoms with van der Waals surface area (Å²) in [6.45, 7) is -2.24. The van der Waals surface area contributed by atoms with Gasteiger partial charge in [0.2, 0.25) is 0 Å². The molecule has 0 aromatic heterocycles. The second kappa shape index (κ2) is 9.96. The van der Waals surface area contributed by atoms with Crippen LogP contribution in [0, 0.1) is 17.0 Å². The number of hydrogen-bond donors (Lipinski definition) is 1. The summed E-state index contributed by atoms with van der Waals surface area (Å²) in [5.74, 6) is -2.87. The van der Waals surface area contributed by atoms with Crippen LogP contribution in [0.2, 0.25) is 0 Å². The van der Waals surface area contributed by atoms with Crippen LogP contribution < -0.4 is 14.8 Å². The maximum Gasteiger partial charge on any atom is 0.387 e. The number of amides is 1. The topological polar surface area (TPSA) is 117 Å². The van der Waals surface area contributed by atoms with Gasteiger partial charge in [0.25, 0.3) is 11.6 Å². The summed E-state index contributed by atoms with van der Waals surface area (Å²) >= 11 is 3.29. The Morgan fingerprint density at radius 2 is 1.93 bits per heavy atom. The van der Waals surface area contributed by atoms with Gasteiger partial charge in [-0.25, -0.2) is 4.79 Å². The van der Waals surface area contributed by atoms with Gasteiger partial charge in [-0.3, -0.25) is 14.9 Å². The number of ether oxygens (including phenoxy) is 3. The van der Waals surface area contributed by atoms with E-state index in [0.29, 0.717) is 11.8 Å². The zero-order valence-electron chi connectivity index (χ0n) is 15.6. The fourth-order valence-corrected chi connectivity index (χ4v) is 2.85. The molecule has 0 atom stereocenters. The maximum atomic E-state index is 12.5. The Labute approximate surface area is 177 Å². The highest BCUT2D eigenvalue weighted by Gasteiger charge is 2.27. The molecule has 1 N–H and O–H groups in total. The number of anilines is 1. The summed E-state index contributed by atoms with van der Waals surface area (Å²) in [5, 5.41) is 13.8. The number of carbonyl (C=O) groups excluding carboxylic acids is 2. The highest BCUT2D eigenvalue weighted by Crippen LogP contribution is 2.36. The molecule has 9 nitrogen and oxygen atoms in total. The lowest BCUT2D eigenvalue weighted by atomic mass is 10.1. The zero-order valence-corrected chi connectivity index (χ0v) is 17.2. The Balaban J connectivity index is 2.17. The molecule has 0 aliphatic heterocycles. The molecule has 0 aliphatic carbocycles. The van der Waals surface area contributed by atoms with Crippen LogP contribution in [-0.2, 0) is 9.53 Å². The molecule has 12 heteroatoms. The Kier molecular flexibility index (Phi) is 7.64. The molecule has 2 rings (SSSR count). The van der Waals surface area contributed by atoms with Crippen molar-refractivity contribution in [3.05, 3.63) is 56.0 Å². The molecule has 0 fully saturated rings. The molecular weight excluding hydrogens is 474 g/mol. The molecule has 160 valence electrons. The number of carbonyl (C=O) groups is 2. The summed E-state index contributed by atoms with van der Waals surface area (Å²) in [5.41, 5.74) is -0.203. The van der Waals surface area contributed by atoms with E-state index in [4.69, 9.17) is 9.47 Å². The second-order valence-electron chi connectivity index (χ2n) is 5.74. The van der Waals surface area contributed by atoms with E-state index in [-0.39, 0.29) is 5.75 Å². The highest BCUT2D eigenvalue weighted by atomic mass is 79.9. The van der Waals surface area contributed by atoms with E-state index in [1.807, 2.05) is 0 Å². The number of halogens is 3. The van der Waals surface area contributed by atoms with Crippen LogP contribution in [0.5, 0.6) is 11.5 Å². The zero-order chi connectivity index (χ0) is 22.4. The fourth-order valence-electron chi connectivity index (χ4n) is 2.37. The average molecular weight is 489 g/mol. The molecule has 0 saturated heterocycles. The predicted molar refractivity (Wildman–Crippen MR) is 104 cm³/mol. The summed E-state index contributed by atoms with van der Waals surface area (Å²) in [4.78, 5) is 34.6. The molecule has 0 aliphatic rings. The number of benzene rings is 2. The van der Waals surface area contributed by atoms with Gasteiger partial charge >= 0.3 is 12.6 Å². The molecule has 2 aromatic carbocycles. The molecule has 0 unspecified atom stereocenters. The minimum atomic E-state index is -3.26. The van der Waals surface area contributed by atoms with Gasteiger partial charge in [-0.15, -0.1) is 0 Å². The van der Waals surface area contributed by atoms with Crippen molar-refractivity contribution in [2.24, 2.45) is 0 Å². The van der Waals surface area contributed by atoms with E-state index in [1.165, 1.54) is 0 Å². The smallest absolute Gasteiger partial charge is 0.387 e. The number of esters is 1. The number of alkyl halides is 2. The van der Waals surface area contributed by atoms with Crippen molar-refractivity contribution in [3.8, 4) is 11.5 Å². The number of nitrogens with zero attached hydrogens (tertiary/aromatic N) is 1. The van der Waals surface area contributed by atoms with E-state index in [2.05, 4.69) is 26.0 Å². The van der Waals surface area contributed by atoms with Crippen LogP contribution in [0.25, 0.3) is 0 Å². The van der Waals surface area contributed by atoms with Crippen LogP contribution in [0.4, 0.5) is 20.2 Å². The quantitative estimate of drug-likeness (QED) is 0.338. The van der Waals surface area contributed by atoms with Crippen LogP contribution in [0.3, 0.4) is 0 Å². The van der Waals surface area contributed by atoms with E-state index in [1.54, 1.807) is 25.1 Å².